The van der Waals surface area contributed by atoms with E-state index in [2.05, 4.69) is 4.74 Å². The topological polar surface area (TPSA) is 110 Å². The summed E-state index contributed by atoms with van der Waals surface area (Å²) in [6.07, 6.45) is -5.41. The molecule has 6 nitrogen and oxygen atoms in total. The zero-order valence-corrected chi connectivity index (χ0v) is 6.03. The second kappa shape index (κ2) is 3.28. The fraction of sp³-hybridized carbons (Fsp3) is 0.667. The molecule has 0 aliphatic carbocycles. The van der Waals surface area contributed by atoms with Crippen molar-refractivity contribution in [1.29, 1.82) is 0 Å². The van der Waals surface area contributed by atoms with Crippen LogP contribution >= 0.6 is 0 Å². The summed E-state index contributed by atoms with van der Waals surface area (Å²) >= 11 is 0. The Bertz CT molecular complexity index is 190. The maximum atomic E-state index is 9.08. The lowest BCUT2D eigenvalue weighted by Gasteiger charge is -2.11. The Morgan fingerprint density at radius 1 is 1.17 bits per heavy atom. The van der Waals surface area contributed by atoms with Crippen LogP contribution < -0.4 is 0 Å². The summed E-state index contributed by atoms with van der Waals surface area (Å²) in [5.74, 6) is -0.641. The van der Waals surface area contributed by atoms with Gasteiger partial charge in [-0.1, -0.05) is 0 Å². The third-order valence-electron chi connectivity index (χ3n) is 1.66. The van der Waals surface area contributed by atoms with Crippen LogP contribution in [0.25, 0.3) is 0 Å². The molecule has 1 saturated heterocycles. The Morgan fingerprint density at radius 3 is 2.08 bits per heavy atom. The summed E-state index contributed by atoms with van der Waals surface area (Å²) in [5, 5.41) is 44.0. The van der Waals surface area contributed by atoms with Gasteiger partial charge in [0.1, 0.15) is 24.6 Å². The summed E-state index contributed by atoms with van der Waals surface area (Å²) < 4.78 is 4.52. The van der Waals surface area contributed by atoms with Crippen LogP contribution in [0.1, 0.15) is 0 Å². The lowest BCUT2D eigenvalue weighted by Crippen LogP contribution is -2.33. The predicted octanol–water partition coefficient (Wildman–Crippen LogP) is -1.62. The Hall–Kier alpha value is -0.820. The molecule has 4 atom stereocenters. The van der Waals surface area contributed by atoms with E-state index >= 15 is 0 Å². The van der Waals surface area contributed by atoms with E-state index in [4.69, 9.17) is 25.5 Å². The second-order valence-electron chi connectivity index (χ2n) is 2.48. The summed E-state index contributed by atoms with van der Waals surface area (Å²) in [7, 11) is 0. The van der Waals surface area contributed by atoms with Crippen molar-refractivity contribution in [3.8, 4) is 0 Å². The second-order valence-corrected chi connectivity index (χ2v) is 2.48. The Kier molecular flexibility index (Phi) is 2.53. The van der Waals surface area contributed by atoms with Gasteiger partial charge in [0.25, 0.3) is 0 Å². The van der Waals surface area contributed by atoms with Crippen LogP contribution in [-0.4, -0.2) is 50.1 Å². The van der Waals surface area contributed by atoms with Crippen molar-refractivity contribution in [2.24, 2.45) is 0 Å². The standard InChI is InChI=1S/C6H10O6/c7-1-2(8)5-3(9)4(10)6(11)12-5/h1,3-11H/b2-1+/t3-,4-,5-,6?/m1/s1. The molecular formula is C6H10O6. The van der Waals surface area contributed by atoms with Gasteiger partial charge in [0.2, 0.25) is 0 Å². The van der Waals surface area contributed by atoms with Crippen molar-refractivity contribution in [2.75, 3.05) is 0 Å². The summed E-state index contributed by atoms with van der Waals surface area (Å²) in [4.78, 5) is 0. The SMILES string of the molecule is O/C=C(/O)[C@H]1OC(O)[C@H](O)[C@H]1O. The molecule has 0 spiro atoms. The lowest BCUT2D eigenvalue weighted by molar-refractivity contribution is -0.125. The molecule has 1 heterocycles. The van der Waals surface area contributed by atoms with Crippen LogP contribution in [0.15, 0.2) is 12.0 Å². The lowest BCUT2D eigenvalue weighted by atomic mass is 10.1. The Balaban J connectivity index is 2.71. The number of ether oxygens (including phenoxy) is 1. The highest BCUT2D eigenvalue weighted by Gasteiger charge is 2.43. The smallest absolute Gasteiger partial charge is 0.184 e. The monoisotopic (exact) mass is 178 g/mol. The first-order valence-corrected chi connectivity index (χ1v) is 3.31. The molecule has 6 heteroatoms. The first-order valence-electron chi connectivity index (χ1n) is 3.31. The maximum absolute atomic E-state index is 9.08. The van der Waals surface area contributed by atoms with Crippen molar-refractivity contribution in [1.82, 2.24) is 0 Å². The number of hydrogen-bond donors (Lipinski definition) is 5. The van der Waals surface area contributed by atoms with E-state index in [9.17, 15) is 0 Å². The largest absolute Gasteiger partial charge is 0.512 e. The van der Waals surface area contributed by atoms with Crippen molar-refractivity contribution >= 4 is 0 Å². The van der Waals surface area contributed by atoms with Crippen molar-refractivity contribution < 1.29 is 30.3 Å². The molecule has 1 aliphatic heterocycles. The summed E-state index contributed by atoms with van der Waals surface area (Å²) in [5.41, 5.74) is 0. The fourth-order valence-corrected chi connectivity index (χ4v) is 0.977. The fourth-order valence-electron chi connectivity index (χ4n) is 0.977. The third kappa shape index (κ3) is 1.37. The van der Waals surface area contributed by atoms with Crippen molar-refractivity contribution in [3.63, 3.8) is 0 Å². The summed E-state index contributed by atoms with van der Waals surface area (Å²) in [6.45, 7) is 0. The van der Waals surface area contributed by atoms with Gasteiger partial charge in [0.05, 0.1) is 0 Å². The quantitative estimate of drug-likeness (QED) is 0.309. The first kappa shape index (κ1) is 9.27. The number of rotatable bonds is 1. The molecular weight excluding hydrogens is 168 g/mol. The molecule has 0 radical (unpaired) electrons. The molecule has 0 bridgehead atoms. The van der Waals surface area contributed by atoms with E-state index in [1.807, 2.05) is 0 Å². The van der Waals surface area contributed by atoms with E-state index in [0.717, 1.165) is 0 Å². The van der Waals surface area contributed by atoms with Gasteiger partial charge in [-0.25, -0.2) is 0 Å². The van der Waals surface area contributed by atoms with E-state index in [1.165, 1.54) is 0 Å². The number of hydrogen-bond acceptors (Lipinski definition) is 6. The molecule has 1 fully saturated rings. The molecule has 0 aromatic heterocycles. The van der Waals surface area contributed by atoms with Crippen molar-refractivity contribution in [2.45, 2.75) is 24.6 Å². The molecule has 5 N–H and O–H groups in total. The van der Waals surface area contributed by atoms with Crippen LogP contribution in [0.2, 0.25) is 0 Å². The van der Waals surface area contributed by atoms with E-state index < -0.39 is 30.4 Å². The summed E-state index contributed by atoms with van der Waals surface area (Å²) in [6, 6.07) is 0. The van der Waals surface area contributed by atoms with Gasteiger partial charge in [-0.15, -0.1) is 0 Å². The van der Waals surface area contributed by atoms with Gasteiger partial charge >= 0.3 is 0 Å². The van der Waals surface area contributed by atoms with Gasteiger partial charge in [0.15, 0.2) is 12.0 Å². The molecule has 12 heavy (non-hydrogen) atoms. The van der Waals surface area contributed by atoms with Gasteiger partial charge in [-0.2, -0.15) is 0 Å². The highest BCUT2D eigenvalue weighted by Crippen LogP contribution is 2.23. The van der Waals surface area contributed by atoms with Crippen LogP contribution in [-0.2, 0) is 4.74 Å². The van der Waals surface area contributed by atoms with E-state index in [0.29, 0.717) is 6.26 Å². The molecule has 0 saturated carbocycles. The maximum Gasteiger partial charge on any atom is 0.184 e. The molecule has 0 amide bonds. The van der Waals surface area contributed by atoms with E-state index in [-0.39, 0.29) is 0 Å². The zero-order chi connectivity index (χ0) is 9.30. The average Bonchev–Trinajstić information content (AvgIpc) is 2.32. The van der Waals surface area contributed by atoms with Crippen LogP contribution in [0.5, 0.6) is 0 Å². The first-order chi connectivity index (χ1) is 5.57. The minimum absolute atomic E-state index is 0.332. The van der Waals surface area contributed by atoms with Crippen molar-refractivity contribution in [3.05, 3.63) is 12.0 Å². The Morgan fingerprint density at radius 2 is 1.75 bits per heavy atom. The third-order valence-corrected chi connectivity index (χ3v) is 1.66. The van der Waals surface area contributed by atoms with Crippen LogP contribution in [0.3, 0.4) is 0 Å². The minimum atomic E-state index is -1.55. The Labute approximate surface area is 68.0 Å². The minimum Gasteiger partial charge on any atom is -0.512 e. The molecule has 70 valence electrons. The molecule has 0 aromatic carbocycles. The molecule has 0 aromatic rings. The molecule has 1 unspecified atom stereocenters. The van der Waals surface area contributed by atoms with Crippen LogP contribution in [0, 0.1) is 0 Å². The van der Waals surface area contributed by atoms with Gasteiger partial charge in [-0.05, 0) is 0 Å². The average molecular weight is 178 g/mol. The highest BCUT2D eigenvalue weighted by molar-refractivity contribution is 5.03. The highest BCUT2D eigenvalue weighted by atomic mass is 16.6. The molecule has 1 aliphatic rings. The number of aliphatic hydroxyl groups excluding tert-OH is 5. The molecule has 1 rings (SSSR count). The zero-order valence-electron chi connectivity index (χ0n) is 6.03. The van der Waals surface area contributed by atoms with Gasteiger partial charge < -0.3 is 30.3 Å². The van der Waals surface area contributed by atoms with Gasteiger partial charge in [-0.3, -0.25) is 0 Å². The van der Waals surface area contributed by atoms with Gasteiger partial charge in [0, 0.05) is 0 Å². The normalized spacial score (nSPS) is 43.4. The number of aliphatic hydroxyl groups is 5. The predicted molar refractivity (Wildman–Crippen MR) is 36.2 cm³/mol. The van der Waals surface area contributed by atoms with Crippen LogP contribution in [0.4, 0.5) is 0 Å². The van der Waals surface area contributed by atoms with E-state index in [1.54, 1.807) is 0 Å².